The van der Waals surface area contributed by atoms with Crippen molar-refractivity contribution in [3.05, 3.63) is 0 Å². The van der Waals surface area contributed by atoms with Crippen LogP contribution >= 0.6 is 0 Å². The van der Waals surface area contributed by atoms with Crippen molar-refractivity contribution in [3.8, 4) is 0 Å². The van der Waals surface area contributed by atoms with Crippen LogP contribution in [0.25, 0.3) is 0 Å². The fourth-order valence-electron chi connectivity index (χ4n) is 1.02. The Bertz CT molecular complexity index is 101. The fraction of sp³-hybridized carbons (Fsp3) is 1.00. The smallest absolute Gasteiger partial charge is 0.396 e. The van der Waals surface area contributed by atoms with Crippen molar-refractivity contribution < 1.29 is 8.85 Å². The normalized spacial score (nSPS) is 13.8. The highest BCUT2D eigenvalue weighted by Gasteiger charge is 2.23. The summed E-state index contributed by atoms with van der Waals surface area (Å²) in [6.45, 7) is 3.58. The molecule has 1 unspecified atom stereocenters. The zero-order chi connectivity index (χ0) is 9.40. The third-order valence-electron chi connectivity index (χ3n) is 1.63. The minimum atomic E-state index is -1.15. The van der Waals surface area contributed by atoms with Crippen LogP contribution in [0.15, 0.2) is 0 Å². The van der Waals surface area contributed by atoms with Gasteiger partial charge < -0.3 is 19.9 Å². The zero-order valence-electron chi connectivity index (χ0n) is 8.09. The minimum Gasteiger partial charge on any atom is -0.396 e. The van der Waals surface area contributed by atoms with E-state index in [1.165, 1.54) is 0 Å². The Morgan fingerprint density at radius 1 is 1.42 bits per heavy atom. The van der Waals surface area contributed by atoms with E-state index in [0.29, 0.717) is 12.2 Å². The van der Waals surface area contributed by atoms with Crippen LogP contribution in [0.1, 0.15) is 13.3 Å². The molecular formula is C7H19N2O2Si. The molecule has 0 bridgehead atoms. The zero-order valence-corrected chi connectivity index (χ0v) is 9.09. The maximum absolute atomic E-state index is 5.38. The van der Waals surface area contributed by atoms with Gasteiger partial charge in [0.05, 0.1) is 5.67 Å². The van der Waals surface area contributed by atoms with Crippen molar-refractivity contribution in [2.75, 3.05) is 27.3 Å². The van der Waals surface area contributed by atoms with E-state index < -0.39 is 9.28 Å². The first-order valence-corrected chi connectivity index (χ1v) is 5.57. The van der Waals surface area contributed by atoms with Crippen LogP contribution in [0, 0.1) is 0 Å². The Hall–Kier alpha value is 0.0569. The minimum absolute atomic E-state index is 0.327. The van der Waals surface area contributed by atoms with E-state index in [-0.39, 0.29) is 0 Å². The third-order valence-corrected chi connectivity index (χ3v) is 3.62. The van der Waals surface area contributed by atoms with Gasteiger partial charge in [-0.25, -0.2) is 0 Å². The van der Waals surface area contributed by atoms with Crippen LogP contribution in [0.3, 0.4) is 0 Å². The predicted octanol–water partition coefficient (Wildman–Crippen LogP) is -0.366. The van der Waals surface area contributed by atoms with E-state index in [1.807, 2.05) is 0 Å². The number of hydrogen-bond donors (Lipinski definition) is 2. The molecule has 73 valence electrons. The highest BCUT2D eigenvalue weighted by Crippen LogP contribution is 1.98. The molecule has 0 amide bonds. The molecule has 0 spiro atoms. The number of nitrogens with one attached hydrogen (secondary N) is 1. The maximum Gasteiger partial charge on any atom is 0.402 e. The van der Waals surface area contributed by atoms with Crippen molar-refractivity contribution in [3.63, 3.8) is 0 Å². The summed E-state index contributed by atoms with van der Waals surface area (Å²) in [5, 5.41) is 3.29. The summed E-state index contributed by atoms with van der Waals surface area (Å²) in [5.74, 6) is 0. The van der Waals surface area contributed by atoms with Crippen molar-refractivity contribution in [2.45, 2.75) is 19.0 Å². The van der Waals surface area contributed by atoms with Gasteiger partial charge in [0.2, 0.25) is 0 Å². The van der Waals surface area contributed by atoms with Gasteiger partial charge in [-0.3, -0.25) is 0 Å². The molecule has 0 aliphatic carbocycles. The van der Waals surface area contributed by atoms with Gasteiger partial charge >= 0.3 is 9.28 Å². The Kier molecular flexibility index (Phi) is 7.73. The monoisotopic (exact) mass is 191 g/mol. The average molecular weight is 191 g/mol. The molecule has 0 aromatic rings. The van der Waals surface area contributed by atoms with Gasteiger partial charge in [-0.2, -0.15) is 0 Å². The van der Waals surface area contributed by atoms with Gasteiger partial charge in [0.25, 0.3) is 0 Å². The maximum atomic E-state index is 5.38. The van der Waals surface area contributed by atoms with Crippen molar-refractivity contribution in [1.82, 2.24) is 5.32 Å². The third kappa shape index (κ3) is 4.17. The molecule has 0 heterocycles. The first-order valence-electron chi connectivity index (χ1n) is 4.18. The first kappa shape index (κ1) is 12.1. The van der Waals surface area contributed by atoms with Gasteiger partial charge in [-0.05, 0) is 6.42 Å². The van der Waals surface area contributed by atoms with E-state index in [4.69, 9.17) is 14.6 Å². The van der Waals surface area contributed by atoms with E-state index >= 15 is 0 Å². The van der Waals surface area contributed by atoms with Crippen molar-refractivity contribution in [1.29, 1.82) is 0 Å². The Balaban J connectivity index is 3.75. The lowest BCUT2D eigenvalue weighted by atomic mass is 10.4. The molecule has 3 N–H and O–H groups in total. The molecule has 1 radical (unpaired) electrons. The molecule has 0 fully saturated rings. The lowest BCUT2D eigenvalue weighted by Crippen LogP contribution is -2.47. The number of hydrogen-bond acceptors (Lipinski definition) is 4. The summed E-state index contributed by atoms with van der Waals surface area (Å²) in [6, 6.07) is 0. The van der Waals surface area contributed by atoms with E-state index in [0.717, 1.165) is 13.0 Å². The summed E-state index contributed by atoms with van der Waals surface area (Å²) in [7, 11) is 2.22. The SMILES string of the molecule is CCC(NCCN)[Si](OC)OC. The van der Waals surface area contributed by atoms with Gasteiger partial charge in [0.1, 0.15) is 0 Å². The molecule has 12 heavy (non-hydrogen) atoms. The molecule has 4 nitrogen and oxygen atoms in total. The largest absolute Gasteiger partial charge is 0.402 e. The number of nitrogens with two attached hydrogens (primary N) is 1. The molecule has 1 atom stereocenters. The second-order valence-electron chi connectivity index (χ2n) is 2.43. The standard InChI is InChI=1S/C7H19N2O2Si/c1-4-7(9-6-5-8)12(10-2)11-3/h7,9H,4-6,8H2,1-3H3. The summed E-state index contributed by atoms with van der Waals surface area (Å²) in [6.07, 6.45) is 1.01. The second-order valence-corrected chi connectivity index (χ2v) is 4.58. The highest BCUT2D eigenvalue weighted by atomic mass is 28.3. The molecule has 0 aromatic carbocycles. The van der Waals surface area contributed by atoms with Crippen LogP contribution in [0.4, 0.5) is 0 Å². The van der Waals surface area contributed by atoms with Crippen LogP contribution in [0.2, 0.25) is 0 Å². The van der Waals surface area contributed by atoms with E-state index in [9.17, 15) is 0 Å². The van der Waals surface area contributed by atoms with Crippen LogP contribution < -0.4 is 11.1 Å². The molecular weight excluding hydrogens is 172 g/mol. The van der Waals surface area contributed by atoms with Crippen molar-refractivity contribution >= 4 is 9.28 Å². The molecule has 0 aromatic heterocycles. The highest BCUT2D eigenvalue weighted by molar-refractivity contribution is 6.46. The molecule has 0 aliphatic rings. The molecule has 0 saturated carbocycles. The average Bonchev–Trinajstić information content (AvgIpc) is 2.12. The molecule has 0 saturated heterocycles. The first-order chi connectivity index (χ1) is 5.79. The van der Waals surface area contributed by atoms with Crippen LogP contribution in [-0.2, 0) is 8.85 Å². The summed E-state index contributed by atoms with van der Waals surface area (Å²) in [4.78, 5) is 0. The Morgan fingerprint density at radius 2 is 2.00 bits per heavy atom. The van der Waals surface area contributed by atoms with E-state index in [2.05, 4.69) is 12.2 Å². The Labute approximate surface area is 76.3 Å². The van der Waals surface area contributed by atoms with Gasteiger partial charge in [-0.15, -0.1) is 0 Å². The predicted molar refractivity (Wildman–Crippen MR) is 50.9 cm³/mol. The number of rotatable bonds is 7. The van der Waals surface area contributed by atoms with E-state index in [1.54, 1.807) is 14.2 Å². The lowest BCUT2D eigenvalue weighted by molar-refractivity contribution is 0.257. The van der Waals surface area contributed by atoms with Gasteiger partial charge in [0, 0.05) is 27.3 Å². The van der Waals surface area contributed by atoms with Crippen molar-refractivity contribution in [2.24, 2.45) is 5.73 Å². The van der Waals surface area contributed by atoms with Crippen LogP contribution in [0.5, 0.6) is 0 Å². The molecule has 0 aliphatic heterocycles. The topological polar surface area (TPSA) is 56.5 Å². The summed E-state index contributed by atoms with van der Waals surface area (Å²) >= 11 is 0. The van der Waals surface area contributed by atoms with Gasteiger partial charge in [-0.1, -0.05) is 6.92 Å². The fourth-order valence-corrected chi connectivity index (χ4v) is 2.40. The Morgan fingerprint density at radius 3 is 2.33 bits per heavy atom. The molecule has 5 heteroatoms. The van der Waals surface area contributed by atoms with Crippen LogP contribution in [-0.4, -0.2) is 42.3 Å². The quantitative estimate of drug-likeness (QED) is 0.539. The van der Waals surface area contributed by atoms with Gasteiger partial charge in [0.15, 0.2) is 0 Å². The summed E-state index contributed by atoms with van der Waals surface area (Å²) < 4.78 is 10.5. The summed E-state index contributed by atoms with van der Waals surface area (Å²) in [5.41, 5.74) is 5.71. The lowest BCUT2D eigenvalue weighted by Gasteiger charge is -2.20. The molecule has 0 rings (SSSR count). The second kappa shape index (κ2) is 7.69.